The van der Waals surface area contributed by atoms with Crippen molar-refractivity contribution in [3.63, 3.8) is 0 Å². The molecule has 38 heavy (non-hydrogen) atoms. The summed E-state index contributed by atoms with van der Waals surface area (Å²) < 4.78 is 0. The molecule has 0 saturated carbocycles. The van der Waals surface area contributed by atoms with Gasteiger partial charge < -0.3 is 10.6 Å². The second-order valence-corrected chi connectivity index (χ2v) is 9.07. The van der Waals surface area contributed by atoms with E-state index in [0.717, 1.165) is 28.2 Å². The zero-order chi connectivity index (χ0) is 30.5. The van der Waals surface area contributed by atoms with E-state index in [1.54, 1.807) is 13.0 Å². The van der Waals surface area contributed by atoms with Crippen molar-refractivity contribution in [2.45, 2.75) is 111 Å². The molecule has 2 bridgehead atoms. The first-order chi connectivity index (χ1) is 18.3. The Labute approximate surface area is 252 Å². The standard InChI is InChI=1S/C13H14ClN.C8H15N.C5H9Cl.2C2H6.C2H2.CH3Cl/c1-3-4-5-6-13(15)11-7-8-12(14)10(2)9-11;1-9-7-3-2-4-8(9)6-5-7;1-3-4-5(2)6;4*1-2/h5-9,13H,15H2,1-2H3;7-8H,2-6H2,1H3;3-5H,1-2H3;2*1-2H3;1-2H;1H3/b6-5+;;4-3-;;;;. The van der Waals surface area contributed by atoms with E-state index in [9.17, 15) is 0 Å². The predicted octanol–water partition coefficient (Wildman–Crippen LogP) is 10.2. The van der Waals surface area contributed by atoms with E-state index in [0.29, 0.717) is 0 Å². The fraction of sp³-hybridized carbons (Fsp3) is 0.576. The molecule has 2 nitrogen and oxygen atoms in total. The van der Waals surface area contributed by atoms with Gasteiger partial charge >= 0.3 is 0 Å². The molecule has 218 valence electrons. The molecule has 1 aromatic carbocycles. The molecule has 4 atom stereocenters. The summed E-state index contributed by atoms with van der Waals surface area (Å²) in [5.74, 6) is 5.62. The van der Waals surface area contributed by atoms with Crippen molar-refractivity contribution in [2.75, 3.05) is 13.4 Å². The van der Waals surface area contributed by atoms with Gasteiger partial charge in [0.05, 0.1) is 0 Å². The van der Waals surface area contributed by atoms with Crippen LogP contribution in [0.4, 0.5) is 0 Å². The lowest BCUT2D eigenvalue weighted by molar-refractivity contribution is 0.179. The number of benzene rings is 1. The normalized spacial score (nSPS) is 18.2. The Kier molecular flexibility index (Phi) is 36.6. The van der Waals surface area contributed by atoms with Gasteiger partial charge in [0.2, 0.25) is 0 Å². The quantitative estimate of drug-likeness (QED) is 0.217. The summed E-state index contributed by atoms with van der Waals surface area (Å²) in [6, 6.07) is 7.60. The molecule has 2 N–H and O–H groups in total. The number of fused-ring (bicyclic) bond motifs is 2. The van der Waals surface area contributed by atoms with E-state index in [1.165, 1.54) is 38.5 Å². The summed E-state index contributed by atoms with van der Waals surface area (Å²) in [5, 5.41) is 0.957. The van der Waals surface area contributed by atoms with Crippen LogP contribution in [0.5, 0.6) is 0 Å². The Morgan fingerprint density at radius 1 is 1.03 bits per heavy atom. The molecule has 2 aliphatic heterocycles. The number of rotatable bonds is 3. The lowest BCUT2D eigenvalue weighted by Gasteiger charge is -2.30. The van der Waals surface area contributed by atoms with E-state index in [1.807, 2.05) is 84.9 Å². The summed E-state index contributed by atoms with van der Waals surface area (Å²) in [4.78, 5) is 2.59. The molecule has 0 radical (unpaired) electrons. The Hall–Kier alpha value is -1.39. The molecule has 2 saturated heterocycles. The average molecular weight is 586 g/mol. The molecule has 2 heterocycles. The first-order valence-electron chi connectivity index (χ1n) is 13.6. The van der Waals surface area contributed by atoms with Crippen LogP contribution in [0.1, 0.15) is 97.7 Å². The molecule has 0 aliphatic carbocycles. The number of aryl methyl sites for hydroxylation is 1. The van der Waals surface area contributed by atoms with Crippen molar-refractivity contribution in [3.8, 4) is 24.7 Å². The van der Waals surface area contributed by atoms with Crippen LogP contribution in [0.15, 0.2) is 42.5 Å². The molecular formula is C33H55Cl3N2. The Morgan fingerprint density at radius 2 is 1.53 bits per heavy atom. The van der Waals surface area contributed by atoms with Crippen LogP contribution in [0.2, 0.25) is 5.02 Å². The van der Waals surface area contributed by atoms with E-state index in [4.69, 9.17) is 28.9 Å². The van der Waals surface area contributed by atoms with Crippen molar-refractivity contribution in [1.82, 2.24) is 4.90 Å². The van der Waals surface area contributed by atoms with Gasteiger partial charge in [-0.05, 0) is 83.7 Å². The number of alkyl halides is 2. The van der Waals surface area contributed by atoms with E-state index in [-0.39, 0.29) is 11.4 Å². The van der Waals surface area contributed by atoms with Crippen LogP contribution in [-0.2, 0) is 0 Å². The van der Waals surface area contributed by atoms with Gasteiger partial charge in [-0.3, -0.25) is 0 Å². The third kappa shape index (κ3) is 21.5. The summed E-state index contributed by atoms with van der Waals surface area (Å²) >= 11 is 16.1. The van der Waals surface area contributed by atoms with Crippen LogP contribution < -0.4 is 5.73 Å². The molecule has 0 aromatic heterocycles. The fourth-order valence-electron chi connectivity index (χ4n) is 3.86. The van der Waals surface area contributed by atoms with Crippen molar-refractivity contribution in [2.24, 2.45) is 5.73 Å². The molecule has 0 spiro atoms. The number of allylic oxidation sites excluding steroid dienone is 3. The van der Waals surface area contributed by atoms with Crippen LogP contribution >= 0.6 is 34.8 Å². The highest BCUT2D eigenvalue weighted by atomic mass is 35.5. The number of hydrogen-bond acceptors (Lipinski definition) is 2. The summed E-state index contributed by atoms with van der Waals surface area (Å²) in [6.07, 6.45) is 24.4. The first-order valence-corrected chi connectivity index (χ1v) is 15.2. The van der Waals surface area contributed by atoms with Gasteiger partial charge in [0.25, 0.3) is 0 Å². The number of nitrogens with zero attached hydrogens (tertiary/aromatic N) is 1. The molecule has 1 aromatic rings. The zero-order valence-corrected chi connectivity index (χ0v) is 28.0. The molecule has 5 heteroatoms. The van der Waals surface area contributed by atoms with E-state index < -0.39 is 0 Å². The fourth-order valence-corrected chi connectivity index (χ4v) is 4.12. The maximum absolute atomic E-state index is 5.96. The van der Waals surface area contributed by atoms with Gasteiger partial charge in [-0.25, -0.2) is 0 Å². The van der Waals surface area contributed by atoms with Gasteiger partial charge in [-0.1, -0.05) is 82.0 Å². The highest BCUT2D eigenvalue weighted by Crippen LogP contribution is 2.33. The van der Waals surface area contributed by atoms with Gasteiger partial charge in [-0.15, -0.1) is 42.0 Å². The second-order valence-electron chi connectivity index (χ2n) is 7.97. The number of hydrogen-bond donors (Lipinski definition) is 1. The predicted molar refractivity (Wildman–Crippen MR) is 179 cm³/mol. The smallest absolute Gasteiger partial charge is 0.0490 e. The molecule has 4 unspecified atom stereocenters. The number of piperidine rings is 1. The molecule has 0 amide bonds. The van der Waals surface area contributed by atoms with Crippen LogP contribution in [0, 0.1) is 31.6 Å². The largest absolute Gasteiger partial charge is 0.321 e. The van der Waals surface area contributed by atoms with Crippen molar-refractivity contribution >= 4 is 34.8 Å². The summed E-state index contributed by atoms with van der Waals surface area (Å²) in [5.41, 5.74) is 8.05. The number of halogens is 3. The van der Waals surface area contributed by atoms with Crippen molar-refractivity contribution in [1.29, 1.82) is 0 Å². The van der Waals surface area contributed by atoms with Gasteiger partial charge in [0.1, 0.15) is 0 Å². The van der Waals surface area contributed by atoms with E-state index in [2.05, 4.69) is 48.2 Å². The first kappa shape index (κ1) is 43.7. The maximum atomic E-state index is 5.96. The highest BCUT2D eigenvalue weighted by molar-refractivity contribution is 6.31. The molecular weight excluding hydrogens is 531 g/mol. The maximum Gasteiger partial charge on any atom is 0.0490 e. The van der Waals surface area contributed by atoms with Gasteiger partial charge in [0.15, 0.2) is 0 Å². The van der Waals surface area contributed by atoms with Crippen LogP contribution in [0.3, 0.4) is 0 Å². The Morgan fingerprint density at radius 3 is 1.87 bits per heavy atom. The van der Waals surface area contributed by atoms with Gasteiger partial charge in [0, 0.05) is 34.9 Å². The minimum absolute atomic E-state index is 0.123. The summed E-state index contributed by atoms with van der Waals surface area (Å²) in [6.45, 7) is 15.6. The van der Waals surface area contributed by atoms with Crippen molar-refractivity contribution in [3.05, 3.63) is 58.7 Å². The third-order valence-corrected chi connectivity index (χ3v) is 6.19. The average Bonchev–Trinajstić information content (AvgIpc) is 3.13. The van der Waals surface area contributed by atoms with Crippen molar-refractivity contribution < 1.29 is 0 Å². The SMILES string of the molecule is C#C.C/C=C\C(C)Cl.CC.CC.CC#C/C=C/C(N)c1ccc(Cl)c(C)c1.CCl.CN1C2CCCC1CC2. The summed E-state index contributed by atoms with van der Waals surface area (Å²) in [7, 11) is 2.29. The van der Waals surface area contributed by atoms with Crippen LogP contribution in [0.25, 0.3) is 0 Å². The minimum Gasteiger partial charge on any atom is -0.321 e. The molecule has 3 rings (SSSR count). The lowest BCUT2D eigenvalue weighted by Crippen LogP contribution is -2.35. The highest BCUT2D eigenvalue weighted by Gasteiger charge is 2.33. The molecule has 2 aliphatic rings. The third-order valence-electron chi connectivity index (χ3n) is 5.62. The zero-order valence-electron chi connectivity index (χ0n) is 25.7. The number of nitrogens with two attached hydrogens (primary N) is 1. The van der Waals surface area contributed by atoms with Gasteiger partial charge in [-0.2, -0.15) is 0 Å². The van der Waals surface area contributed by atoms with E-state index >= 15 is 0 Å². The number of terminal acetylenes is 1. The topological polar surface area (TPSA) is 29.3 Å². The minimum atomic E-state index is -0.123. The Balaban J connectivity index is -0.000000215. The molecule has 2 fully saturated rings. The monoisotopic (exact) mass is 584 g/mol. The Bertz CT molecular complexity index is 772. The van der Waals surface area contributed by atoms with Crippen LogP contribution in [-0.4, -0.2) is 35.8 Å². The second kappa shape index (κ2) is 31.8. The lowest BCUT2D eigenvalue weighted by atomic mass is 10.0.